The third kappa shape index (κ3) is 4.48. The Labute approximate surface area is 124 Å². The standard InChI is InChI=1S/C11H14BrN3O3S/c12-9-4-3-8(18-9)10(16)14-15-11(19)13-6-7-2-1-5-17-7/h3-4,7H,1-2,5-6H2,(H,14,16)(H2,13,15,19)/t7-/m0/s1. The number of thiocarbonyl (C=S) groups is 1. The van der Waals surface area contributed by atoms with Crippen LogP contribution in [0.5, 0.6) is 0 Å². The van der Waals surface area contributed by atoms with Crippen LogP contribution in [0.4, 0.5) is 0 Å². The Balaban J connectivity index is 1.66. The van der Waals surface area contributed by atoms with Gasteiger partial charge in [0.1, 0.15) is 0 Å². The number of hydrogen-bond donors (Lipinski definition) is 3. The van der Waals surface area contributed by atoms with E-state index in [9.17, 15) is 4.79 Å². The molecule has 1 aliphatic rings. The van der Waals surface area contributed by atoms with Crippen molar-refractivity contribution >= 4 is 39.2 Å². The third-order valence-corrected chi connectivity index (χ3v) is 3.27. The van der Waals surface area contributed by atoms with Gasteiger partial charge in [0.05, 0.1) is 6.10 Å². The van der Waals surface area contributed by atoms with Gasteiger partial charge in [-0.1, -0.05) is 0 Å². The summed E-state index contributed by atoms with van der Waals surface area (Å²) in [5.74, 6) is -0.201. The first-order valence-electron chi connectivity index (χ1n) is 5.86. The molecule has 0 unspecified atom stereocenters. The van der Waals surface area contributed by atoms with Gasteiger partial charge in [0.15, 0.2) is 15.5 Å². The number of ether oxygens (including phenoxy) is 1. The highest BCUT2D eigenvalue weighted by Crippen LogP contribution is 2.13. The minimum atomic E-state index is -0.396. The van der Waals surface area contributed by atoms with Crippen LogP contribution in [-0.4, -0.2) is 30.3 Å². The summed E-state index contributed by atoms with van der Waals surface area (Å²) in [7, 11) is 0. The van der Waals surface area contributed by atoms with Crippen molar-refractivity contribution < 1.29 is 13.9 Å². The lowest BCUT2D eigenvalue weighted by Crippen LogP contribution is -2.48. The highest BCUT2D eigenvalue weighted by Gasteiger charge is 2.15. The molecule has 1 aromatic rings. The van der Waals surface area contributed by atoms with E-state index in [1.165, 1.54) is 0 Å². The highest BCUT2D eigenvalue weighted by atomic mass is 79.9. The van der Waals surface area contributed by atoms with E-state index in [-0.39, 0.29) is 11.9 Å². The van der Waals surface area contributed by atoms with Crippen LogP contribution in [0.3, 0.4) is 0 Å². The van der Waals surface area contributed by atoms with E-state index in [0.717, 1.165) is 19.4 Å². The molecule has 1 fully saturated rings. The van der Waals surface area contributed by atoms with Gasteiger partial charge in [-0.05, 0) is 53.1 Å². The smallest absolute Gasteiger partial charge is 0.305 e. The molecule has 0 radical (unpaired) electrons. The lowest BCUT2D eigenvalue weighted by Gasteiger charge is -2.13. The number of furan rings is 1. The van der Waals surface area contributed by atoms with Crippen molar-refractivity contribution in [1.29, 1.82) is 0 Å². The first kappa shape index (κ1) is 14.3. The number of carbonyl (C=O) groups excluding carboxylic acids is 1. The van der Waals surface area contributed by atoms with Gasteiger partial charge in [0.2, 0.25) is 0 Å². The molecule has 3 N–H and O–H groups in total. The second-order valence-corrected chi connectivity index (χ2v) is 5.22. The maximum absolute atomic E-state index is 11.6. The molecule has 104 valence electrons. The predicted molar refractivity (Wildman–Crippen MR) is 76.6 cm³/mol. The lowest BCUT2D eigenvalue weighted by molar-refractivity contribution is 0.0914. The maximum atomic E-state index is 11.6. The molecule has 19 heavy (non-hydrogen) atoms. The lowest BCUT2D eigenvalue weighted by atomic mass is 10.2. The molecule has 2 heterocycles. The van der Waals surface area contributed by atoms with Gasteiger partial charge in [-0.15, -0.1) is 0 Å². The molecule has 1 aromatic heterocycles. The summed E-state index contributed by atoms with van der Waals surface area (Å²) in [5.41, 5.74) is 5.04. The molecule has 1 aliphatic heterocycles. The summed E-state index contributed by atoms with van der Waals surface area (Å²) >= 11 is 8.15. The minimum Gasteiger partial charge on any atom is -0.444 e. The molecule has 1 atom stereocenters. The quantitative estimate of drug-likeness (QED) is 0.565. The second-order valence-electron chi connectivity index (χ2n) is 4.03. The summed E-state index contributed by atoms with van der Waals surface area (Å²) in [6, 6.07) is 3.20. The number of rotatable bonds is 3. The molecule has 6 nitrogen and oxygen atoms in total. The third-order valence-electron chi connectivity index (χ3n) is 2.60. The number of hydrogen-bond acceptors (Lipinski definition) is 4. The van der Waals surface area contributed by atoms with Gasteiger partial charge >= 0.3 is 5.91 Å². The maximum Gasteiger partial charge on any atom is 0.305 e. The molecule has 0 saturated carbocycles. The fraction of sp³-hybridized carbons (Fsp3) is 0.455. The molecule has 2 rings (SSSR count). The average molecular weight is 348 g/mol. The Kier molecular flexibility index (Phi) is 5.17. The van der Waals surface area contributed by atoms with E-state index in [4.69, 9.17) is 21.4 Å². The van der Waals surface area contributed by atoms with Gasteiger partial charge in [0, 0.05) is 13.2 Å². The van der Waals surface area contributed by atoms with Crippen molar-refractivity contribution in [2.75, 3.05) is 13.2 Å². The van der Waals surface area contributed by atoms with E-state index >= 15 is 0 Å². The first-order valence-corrected chi connectivity index (χ1v) is 7.06. The monoisotopic (exact) mass is 347 g/mol. The molecule has 8 heteroatoms. The SMILES string of the molecule is O=C(NNC(=S)NC[C@@H]1CCCO1)c1ccc(Br)o1. The molecular formula is C11H14BrN3O3S. The Hall–Kier alpha value is -1.12. The second kappa shape index (κ2) is 6.88. The van der Waals surface area contributed by atoms with Crippen LogP contribution in [0, 0.1) is 0 Å². The van der Waals surface area contributed by atoms with Crippen LogP contribution in [0.25, 0.3) is 0 Å². The van der Waals surface area contributed by atoms with Crippen LogP contribution < -0.4 is 16.2 Å². The fourth-order valence-electron chi connectivity index (χ4n) is 1.67. The van der Waals surface area contributed by atoms with Crippen molar-refractivity contribution in [3.63, 3.8) is 0 Å². The number of halogens is 1. The Morgan fingerprint density at radius 2 is 2.32 bits per heavy atom. The number of hydrazine groups is 1. The van der Waals surface area contributed by atoms with Gasteiger partial charge in [-0.2, -0.15) is 0 Å². The largest absolute Gasteiger partial charge is 0.444 e. The zero-order valence-corrected chi connectivity index (χ0v) is 12.5. The highest BCUT2D eigenvalue weighted by molar-refractivity contribution is 9.10. The predicted octanol–water partition coefficient (Wildman–Crippen LogP) is 1.33. The van der Waals surface area contributed by atoms with E-state index < -0.39 is 5.91 Å². The summed E-state index contributed by atoms with van der Waals surface area (Å²) in [6.07, 6.45) is 2.30. The zero-order chi connectivity index (χ0) is 13.7. The van der Waals surface area contributed by atoms with Crippen LogP contribution in [0.2, 0.25) is 0 Å². The number of nitrogens with one attached hydrogen (secondary N) is 3. The molecule has 0 aliphatic carbocycles. The van der Waals surface area contributed by atoms with Crippen LogP contribution in [0.1, 0.15) is 23.4 Å². The summed E-state index contributed by atoms with van der Waals surface area (Å²) in [4.78, 5) is 11.6. The van der Waals surface area contributed by atoms with Crippen molar-refractivity contribution in [2.45, 2.75) is 18.9 Å². The van der Waals surface area contributed by atoms with Crippen LogP contribution in [0.15, 0.2) is 21.2 Å². The van der Waals surface area contributed by atoms with Crippen LogP contribution >= 0.6 is 28.1 Å². The molecule has 0 bridgehead atoms. The Morgan fingerprint density at radius 1 is 1.47 bits per heavy atom. The zero-order valence-electron chi connectivity index (χ0n) is 10.1. The van der Waals surface area contributed by atoms with Gasteiger partial charge in [0.25, 0.3) is 0 Å². The van der Waals surface area contributed by atoms with Crippen molar-refractivity contribution in [3.8, 4) is 0 Å². The van der Waals surface area contributed by atoms with E-state index in [2.05, 4.69) is 32.1 Å². The van der Waals surface area contributed by atoms with Gasteiger partial charge in [-0.25, -0.2) is 0 Å². The normalized spacial score (nSPS) is 18.1. The number of carbonyl (C=O) groups is 1. The topological polar surface area (TPSA) is 75.5 Å². The van der Waals surface area contributed by atoms with Crippen molar-refractivity contribution in [2.24, 2.45) is 0 Å². The molecule has 1 amide bonds. The van der Waals surface area contributed by atoms with Crippen molar-refractivity contribution in [3.05, 3.63) is 22.6 Å². The summed E-state index contributed by atoms with van der Waals surface area (Å²) in [6.45, 7) is 1.44. The molecular weight excluding hydrogens is 334 g/mol. The van der Waals surface area contributed by atoms with Gasteiger partial charge < -0.3 is 14.5 Å². The minimum absolute atomic E-state index is 0.191. The van der Waals surface area contributed by atoms with E-state index in [1.807, 2.05) is 0 Å². The van der Waals surface area contributed by atoms with E-state index in [1.54, 1.807) is 12.1 Å². The van der Waals surface area contributed by atoms with Crippen molar-refractivity contribution in [1.82, 2.24) is 16.2 Å². The first-order chi connectivity index (χ1) is 9.15. The average Bonchev–Trinajstić information content (AvgIpc) is 3.04. The van der Waals surface area contributed by atoms with Gasteiger partial charge in [-0.3, -0.25) is 15.6 Å². The fourth-order valence-corrected chi connectivity index (χ4v) is 2.11. The number of amides is 1. The Morgan fingerprint density at radius 3 is 2.95 bits per heavy atom. The summed E-state index contributed by atoms with van der Waals surface area (Å²) < 4.78 is 11.0. The molecule has 1 saturated heterocycles. The Bertz CT molecular complexity index is 460. The molecule has 0 spiro atoms. The molecule has 0 aromatic carbocycles. The van der Waals surface area contributed by atoms with E-state index in [0.29, 0.717) is 16.3 Å². The summed E-state index contributed by atoms with van der Waals surface area (Å²) in [5, 5.41) is 3.32. The van der Waals surface area contributed by atoms with Crippen LogP contribution in [-0.2, 0) is 4.74 Å².